The number of carbonyl (C=O) groups excluding carboxylic acids is 1. The van der Waals surface area contributed by atoms with Crippen LogP contribution in [0.5, 0.6) is 0 Å². The molecule has 1 saturated heterocycles. The maximum atomic E-state index is 13.2. The molecule has 1 aliphatic heterocycles. The number of aromatic nitrogens is 1. The first-order valence-corrected chi connectivity index (χ1v) is 10.1. The third kappa shape index (κ3) is 3.51. The summed E-state index contributed by atoms with van der Waals surface area (Å²) < 4.78 is 1.57. The van der Waals surface area contributed by atoms with Gasteiger partial charge in [0.1, 0.15) is 5.56 Å². The highest BCUT2D eigenvalue weighted by molar-refractivity contribution is 5.94. The Labute approximate surface area is 172 Å². The van der Waals surface area contributed by atoms with Gasteiger partial charge in [-0.05, 0) is 51.1 Å². The Morgan fingerprint density at radius 3 is 2.48 bits per heavy atom. The van der Waals surface area contributed by atoms with Gasteiger partial charge in [-0.25, -0.2) is 0 Å². The number of aliphatic hydroxyl groups is 1. The summed E-state index contributed by atoms with van der Waals surface area (Å²) in [5, 5.41) is 11.2. The lowest BCUT2D eigenvalue weighted by Gasteiger charge is -2.49. The number of hydrogen-bond donors (Lipinski definition) is 1. The Morgan fingerprint density at radius 1 is 1.28 bits per heavy atom. The molecule has 2 heterocycles. The van der Waals surface area contributed by atoms with E-state index in [1.54, 1.807) is 22.6 Å². The molecule has 0 unspecified atom stereocenters. The average molecular weight is 398 g/mol. The number of carbonyl (C=O) groups is 1. The molecule has 1 fully saturated rings. The van der Waals surface area contributed by atoms with E-state index < -0.39 is 11.6 Å². The molecule has 2 atom stereocenters. The fourth-order valence-corrected chi connectivity index (χ4v) is 4.72. The Bertz CT molecular complexity index is 952. The van der Waals surface area contributed by atoms with Gasteiger partial charge in [0.15, 0.2) is 0 Å². The number of amides is 1. The van der Waals surface area contributed by atoms with Crippen molar-refractivity contribution in [3.05, 3.63) is 69.1 Å². The van der Waals surface area contributed by atoms with Crippen LogP contribution in [0.3, 0.4) is 0 Å². The van der Waals surface area contributed by atoms with Gasteiger partial charge in [0.25, 0.3) is 11.5 Å². The molecule has 6 nitrogen and oxygen atoms in total. The fraction of sp³-hybridized carbons (Fsp3) is 0.478. The van der Waals surface area contributed by atoms with Crippen LogP contribution in [0.2, 0.25) is 0 Å². The molecule has 1 N–H and O–H groups in total. The topological polar surface area (TPSA) is 65.8 Å². The van der Waals surface area contributed by atoms with Gasteiger partial charge < -0.3 is 14.6 Å². The second-order valence-corrected chi connectivity index (χ2v) is 8.11. The third-order valence-electron chi connectivity index (χ3n) is 6.39. The quantitative estimate of drug-likeness (QED) is 0.856. The minimum Gasteiger partial charge on any atom is -0.389 e. The second-order valence-electron chi connectivity index (χ2n) is 8.11. The zero-order chi connectivity index (χ0) is 21.3. The van der Waals surface area contributed by atoms with Crippen LogP contribution in [0, 0.1) is 6.92 Å². The minimum absolute atomic E-state index is 0.173. The zero-order valence-electron chi connectivity index (χ0n) is 18.0. The van der Waals surface area contributed by atoms with Crippen LogP contribution in [0.4, 0.5) is 0 Å². The molecule has 3 rings (SSSR count). The van der Waals surface area contributed by atoms with E-state index >= 15 is 0 Å². The number of aryl methyl sites for hydroxylation is 1. The van der Waals surface area contributed by atoms with Gasteiger partial charge in [0, 0.05) is 25.8 Å². The number of nitrogens with zero attached hydrogens (tertiary/aromatic N) is 3. The number of benzene rings is 1. The standard InChI is InChI=1S/C23H31N3O3/c1-6-19-16(2)14-18(21(28)25(19)5)22(29)26-13-12-23(24(3)4,20(27)15-26)17-10-8-7-9-11-17/h7-11,14,20,27H,6,12-13,15H2,1-5H3/t20-,23+/m1/s1. The summed E-state index contributed by atoms with van der Waals surface area (Å²) >= 11 is 0. The number of aliphatic hydroxyl groups excluding tert-OH is 1. The molecule has 0 aliphatic carbocycles. The van der Waals surface area contributed by atoms with E-state index in [9.17, 15) is 14.7 Å². The van der Waals surface area contributed by atoms with Crippen molar-refractivity contribution in [3.63, 3.8) is 0 Å². The minimum atomic E-state index is -0.766. The van der Waals surface area contributed by atoms with E-state index in [1.165, 1.54) is 0 Å². The highest BCUT2D eigenvalue weighted by atomic mass is 16.3. The molecule has 2 aromatic rings. The van der Waals surface area contributed by atoms with E-state index in [2.05, 4.69) is 0 Å². The maximum Gasteiger partial charge on any atom is 0.263 e. The predicted octanol–water partition coefficient (Wildman–Crippen LogP) is 1.92. The third-order valence-corrected chi connectivity index (χ3v) is 6.39. The van der Waals surface area contributed by atoms with Crippen molar-refractivity contribution in [3.8, 4) is 0 Å². The van der Waals surface area contributed by atoms with Crippen LogP contribution in [-0.4, -0.2) is 58.7 Å². The van der Waals surface area contributed by atoms with Crippen molar-refractivity contribution in [2.24, 2.45) is 7.05 Å². The number of hydrogen-bond acceptors (Lipinski definition) is 4. The lowest BCUT2D eigenvalue weighted by Crippen LogP contribution is -2.61. The van der Waals surface area contributed by atoms with Gasteiger partial charge in [-0.3, -0.25) is 14.5 Å². The number of rotatable bonds is 4. The lowest BCUT2D eigenvalue weighted by atomic mass is 9.77. The number of pyridine rings is 1. The molecule has 0 radical (unpaired) electrons. The second kappa shape index (κ2) is 8.13. The Hall–Kier alpha value is -2.44. The van der Waals surface area contributed by atoms with Crippen LogP contribution < -0.4 is 5.56 Å². The Morgan fingerprint density at radius 2 is 1.93 bits per heavy atom. The molecule has 1 aliphatic rings. The summed E-state index contributed by atoms with van der Waals surface area (Å²) in [6, 6.07) is 11.6. The molecule has 1 aromatic heterocycles. The number of likely N-dealkylation sites (N-methyl/N-ethyl adjacent to an activating group) is 1. The first kappa shape index (κ1) is 21.3. The van der Waals surface area contributed by atoms with Crippen LogP contribution in [0.1, 0.15) is 40.5 Å². The number of β-amino-alcohol motifs (C(OH)–C–C–N with tert-alkyl or cyclic N) is 1. The lowest BCUT2D eigenvalue weighted by molar-refractivity contribution is -0.0612. The monoisotopic (exact) mass is 397 g/mol. The first-order chi connectivity index (χ1) is 13.7. The normalized spacial score (nSPS) is 22.2. The Balaban J connectivity index is 1.92. The zero-order valence-corrected chi connectivity index (χ0v) is 18.0. The number of piperidine rings is 1. The highest BCUT2D eigenvalue weighted by Crippen LogP contribution is 2.37. The molecule has 0 spiro atoms. The average Bonchev–Trinajstić information content (AvgIpc) is 2.71. The van der Waals surface area contributed by atoms with Gasteiger partial charge in [0.2, 0.25) is 0 Å². The van der Waals surface area contributed by atoms with E-state index in [1.807, 2.05) is 63.2 Å². The Kier molecular flexibility index (Phi) is 5.96. The molecule has 1 aromatic carbocycles. The van der Waals surface area contributed by atoms with E-state index in [0.717, 1.165) is 23.2 Å². The van der Waals surface area contributed by atoms with Crippen molar-refractivity contribution in [1.82, 2.24) is 14.4 Å². The van der Waals surface area contributed by atoms with Crippen LogP contribution in [0.25, 0.3) is 0 Å². The van der Waals surface area contributed by atoms with Gasteiger partial charge in [-0.2, -0.15) is 0 Å². The SMILES string of the molecule is CCc1c(C)cc(C(=O)N2CC[C@@](c3ccccc3)(N(C)C)[C@H](O)C2)c(=O)n1C. The van der Waals surface area contributed by atoms with Crippen LogP contribution in [0.15, 0.2) is 41.2 Å². The summed E-state index contributed by atoms with van der Waals surface area (Å²) in [6.45, 7) is 4.57. The largest absolute Gasteiger partial charge is 0.389 e. The maximum absolute atomic E-state index is 13.2. The predicted molar refractivity (Wildman–Crippen MR) is 114 cm³/mol. The molecule has 1 amide bonds. The van der Waals surface area contributed by atoms with Crippen molar-refractivity contribution in [2.45, 2.75) is 38.3 Å². The summed E-state index contributed by atoms with van der Waals surface area (Å²) in [5.74, 6) is -0.309. The van der Waals surface area contributed by atoms with Crippen LogP contribution in [-0.2, 0) is 19.0 Å². The van der Waals surface area contributed by atoms with Crippen LogP contribution >= 0.6 is 0 Å². The summed E-state index contributed by atoms with van der Waals surface area (Å²) in [7, 11) is 5.62. The number of likely N-dealkylation sites (tertiary alicyclic amines) is 1. The molecule has 0 saturated carbocycles. The van der Waals surface area contributed by atoms with Gasteiger partial charge in [-0.15, -0.1) is 0 Å². The van der Waals surface area contributed by atoms with Gasteiger partial charge in [0.05, 0.1) is 11.6 Å². The first-order valence-electron chi connectivity index (χ1n) is 10.1. The van der Waals surface area contributed by atoms with E-state index in [0.29, 0.717) is 13.0 Å². The molecule has 156 valence electrons. The fourth-order valence-electron chi connectivity index (χ4n) is 4.72. The van der Waals surface area contributed by atoms with E-state index in [4.69, 9.17) is 0 Å². The summed E-state index contributed by atoms with van der Waals surface area (Å²) in [6.07, 6.45) is 0.553. The van der Waals surface area contributed by atoms with Crippen molar-refractivity contribution < 1.29 is 9.90 Å². The van der Waals surface area contributed by atoms with E-state index in [-0.39, 0.29) is 23.6 Å². The van der Waals surface area contributed by atoms with Gasteiger partial charge >= 0.3 is 0 Å². The van der Waals surface area contributed by atoms with Crippen molar-refractivity contribution in [2.75, 3.05) is 27.2 Å². The summed E-state index contributed by atoms with van der Waals surface area (Å²) in [5.41, 5.74) is 2.23. The molecule has 6 heteroatoms. The van der Waals surface area contributed by atoms with Crippen molar-refractivity contribution >= 4 is 5.91 Å². The molecular weight excluding hydrogens is 366 g/mol. The summed E-state index contributed by atoms with van der Waals surface area (Å²) in [4.78, 5) is 29.6. The van der Waals surface area contributed by atoms with Crippen molar-refractivity contribution in [1.29, 1.82) is 0 Å². The molecule has 0 bridgehead atoms. The van der Waals surface area contributed by atoms with Gasteiger partial charge in [-0.1, -0.05) is 37.3 Å². The highest BCUT2D eigenvalue weighted by Gasteiger charge is 2.46. The smallest absolute Gasteiger partial charge is 0.263 e. The molecule has 29 heavy (non-hydrogen) atoms. The molecular formula is C23H31N3O3.